The summed E-state index contributed by atoms with van der Waals surface area (Å²) in [4.78, 5) is 6.44. The Bertz CT molecular complexity index is 472. The predicted octanol–water partition coefficient (Wildman–Crippen LogP) is 0.219. The van der Waals surface area contributed by atoms with Crippen LogP contribution >= 0.6 is 0 Å². The molecule has 1 fully saturated rings. The fourth-order valence-corrected chi connectivity index (χ4v) is 6.03. The zero-order valence-corrected chi connectivity index (χ0v) is 22.7. The highest BCUT2D eigenvalue weighted by molar-refractivity contribution is 4.81. The average Bonchev–Trinajstić information content (AvgIpc) is 2.86. The smallest absolute Gasteiger partial charge is 0.0558 e. The zero-order chi connectivity index (χ0) is 26.4. The Morgan fingerprint density at radius 1 is 0.417 bits per heavy atom. The van der Waals surface area contributed by atoms with Gasteiger partial charge in [-0.1, -0.05) is 6.42 Å². The van der Waals surface area contributed by atoms with Crippen molar-refractivity contribution < 1.29 is 30.6 Å². The summed E-state index contributed by atoms with van der Waals surface area (Å²) in [5, 5.41) is 55.7. The molecule has 1 aliphatic rings. The molecule has 9 nitrogen and oxygen atoms in total. The first-order valence-electron chi connectivity index (χ1n) is 14.4. The van der Waals surface area contributed by atoms with Crippen LogP contribution in [0.25, 0.3) is 0 Å². The Labute approximate surface area is 219 Å². The summed E-state index contributed by atoms with van der Waals surface area (Å²) in [6, 6.07) is 0. The Morgan fingerprint density at radius 3 is 1.17 bits per heavy atom. The molecule has 1 saturated carbocycles. The summed E-state index contributed by atoms with van der Waals surface area (Å²) < 4.78 is 0. The molecule has 0 spiro atoms. The fourth-order valence-electron chi connectivity index (χ4n) is 6.03. The topological polar surface area (TPSA) is 131 Å². The lowest BCUT2D eigenvalue weighted by Crippen LogP contribution is -2.33. The third kappa shape index (κ3) is 15.1. The van der Waals surface area contributed by atoms with E-state index in [9.17, 15) is 30.6 Å². The number of rotatable bonds is 24. The Balaban J connectivity index is 2.60. The van der Waals surface area contributed by atoms with Gasteiger partial charge in [-0.15, -0.1) is 0 Å². The van der Waals surface area contributed by atoms with Crippen LogP contribution in [-0.4, -0.2) is 144 Å². The second kappa shape index (κ2) is 22.6. The van der Waals surface area contributed by atoms with Gasteiger partial charge in [0.1, 0.15) is 0 Å². The quantitative estimate of drug-likeness (QED) is 0.106. The average molecular weight is 520 g/mol. The molecule has 0 radical (unpaired) electrons. The maximum absolute atomic E-state index is 9.31. The van der Waals surface area contributed by atoms with E-state index < -0.39 is 0 Å². The largest absolute Gasteiger partial charge is 0.395 e. The van der Waals surface area contributed by atoms with E-state index in [0.717, 1.165) is 44.8 Å². The van der Waals surface area contributed by atoms with Crippen LogP contribution in [-0.2, 0) is 0 Å². The molecule has 3 unspecified atom stereocenters. The Kier molecular flexibility index (Phi) is 21.1. The number of aliphatic hydroxyl groups excluding tert-OH is 6. The lowest BCUT2D eigenvalue weighted by molar-refractivity contribution is 0.119. The van der Waals surface area contributed by atoms with Crippen molar-refractivity contribution in [2.24, 2.45) is 17.8 Å². The minimum atomic E-state index is 0.121. The van der Waals surface area contributed by atoms with Gasteiger partial charge < -0.3 is 30.6 Å². The number of aliphatic hydroxyl groups is 6. The number of hydrogen-bond acceptors (Lipinski definition) is 9. The van der Waals surface area contributed by atoms with Crippen LogP contribution in [0.2, 0.25) is 0 Å². The minimum Gasteiger partial charge on any atom is -0.395 e. The third-order valence-corrected chi connectivity index (χ3v) is 7.93. The van der Waals surface area contributed by atoms with Crippen molar-refractivity contribution in [2.75, 3.05) is 98.5 Å². The van der Waals surface area contributed by atoms with Gasteiger partial charge in [0.25, 0.3) is 0 Å². The van der Waals surface area contributed by atoms with Gasteiger partial charge in [-0.25, -0.2) is 0 Å². The summed E-state index contributed by atoms with van der Waals surface area (Å²) in [7, 11) is 0. The van der Waals surface area contributed by atoms with Crippen LogP contribution in [0.1, 0.15) is 57.8 Å². The first kappa shape index (κ1) is 33.7. The molecule has 0 aromatic heterocycles. The first-order valence-corrected chi connectivity index (χ1v) is 14.4. The highest BCUT2D eigenvalue weighted by Crippen LogP contribution is 2.40. The molecule has 0 saturated heterocycles. The van der Waals surface area contributed by atoms with Crippen molar-refractivity contribution in [3.05, 3.63) is 0 Å². The van der Waals surface area contributed by atoms with Crippen molar-refractivity contribution in [3.63, 3.8) is 0 Å². The van der Waals surface area contributed by atoms with Crippen LogP contribution in [0.15, 0.2) is 0 Å². The van der Waals surface area contributed by atoms with Crippen molar-refractivity contribution >= 4 is 0 Å². The van der Waals surface area contributed by atoms with Crippen LogP contribution in [0, 0.1) is 17.8 Å². The number of nitrogens with zero attached hydrogens (tertiary/aromatic N) is 3. The normalized spacial score (nSPS) is 20.8. The molecule has 1 aliphatic carbocycles. The molecule has 6 N–H and O–H groups in total. The SMILES string of the molecule is OCCN(CCO)CCCC1CCC(CCCN(CCO)CCO)C(CCCN(CCO)CCO)C1. The van der Waals surface area contributed by atoms with Gasteiger partial charge in [0, 0.05) is 39.3 Å². The molecule has 0 heterocycles. The molecule has 9 heteroatoms. The molecular weight excluding hydrogens is 462 g/mol. The van der Waals surface area contributed by atoms with E-state index in [1.54, 1.807) is 0 Å². The lowest BCUT2D eigenvalue weighted by Gasteiger charge is -2.37. The Morgan fingerprint density at radius 2 is 0.778 bits per heavy atom. The molecule has 0 amide bonds. The predicted molar refractivity (Wildman–Crippen MR) is 144 cm³/mol. The fraction of sp³-hybridized carbons (Fsp3) is 1.00. The standard InChI is InChI=1S/C27H57N3O6/c31-18-12-28(13-19-32)9-1-4-25-7-8-26(5-2-10-29(14-20-33)15-21-34)27(24-25)6-3-11-30(16-22-35)17-23-36/h25-27,31-36H,1-24H2. The molecular formula is C27H57N3O6. The van der Waals surface area contributed by atoms with Gasteiger partial charge >= 0.3 is 0 Å². The maximum Gasteiger partial charge on any atom is 0.0558 e. The summed E-state index contributed by atoms with van der Waals surface area (Å²) >= 11 is 0. The molecule has 1 rings (SSSR count). The summed E-state index contributed by atoms with van der Waals surface area (Å²) in [5.74, 6) is 2.11. The minimum absolute atomic E-state index is 0.121. The van der Waals surface area contributed by atoms with Crippen LogP contribution in [0.3, 0.4) is 0 Å². The highest BCUT2D eigenvalue weighted by atomic mass is 16.3. The highest BCUT2D eigenvalue weighted by Gasteiger charge is 2.30. The van der Waals surface area contributed by atoms with Gasteiger partial charge in [0.05, 0.1) is 39.6 Å². The van der Waals surface area contributed by atoms with Crippen molar-refractivity contribution in [1.29, 1.82) is 0 Å². The van der Waals surface area contributed by atoms with Gasteiger partial charge in [-0.3, -0.25) is 14.7 Å². The number of hydrogen-bond donors (Lipinski definition) is 6. The molecule has 0 aliphatic heterocycles. The second-order valence-electron chi connectivity index (χ2n) is 10.5. The molecule has 216 valence electrons. The summed E-state index contributed by atoms with van der Waals surface area (Å²) in [6.07, 6.45) is 10.6. The molecule has 0 aromatic carbocycles. The van der Waals surface area contributed by atoms with Crippen LogP contribution in [0.4, 0.5) is 0 Å². The second-order valence-corrected chi connectivity index (χ2v) is 10.5. The molecule has 36 heavy (non-hydrogen) atoms. The van der Waals surface area contributed by atoms with E-state index in [2.05, 4.69) is 14.7 Å². The third-order valence-electron chi connectivity index (χ3n) is 7.93. The molecule has 0 aromatic rings. The van der Waals surface area contributed by atoms with E-state index in [0.29, 0.717) is 51.1 Å². The van der Waals surface area contributed by atoms with E-state index in [1.165, 1.54) is 38.5 Å². The van der Waals surface area contributed by atoms with E-state index >= 15 is 0 Å². The van der Waals surface area contributed by atoms with Gasteiger partial charge in [0.2, 0.25) is 0 Å². The lowest BCUT2D eigenvalue weighted by atomic mass is 9.69. The van der Waals surface area contributed by atoms with Gasteiger partial charge in [-0.2, -0.15) is 0 Å². The monoisotopic (exact) mass is 519 g/mol. The molecule has 3 atom stereocenters. The van der Waals surface area contributed by atoms with Gasteiger partial charge in [-0.05, 0) is 88.8 Å². The summed E-state index contributed by atoms with van der Waals surface area (Å²) in [5.41, 5.74) is 0. The van der Waals surface area contributed by atoms with E-state index in [-0.39, 0.29) is 39.6 Å². The molecule has 0 bridgehead atoms. The van der Waals surface area contributed by atoms with Crippen molar-refractivity contribution in [2.45, 2.75) is 57.8 Å². The van der Waals surface area contributed by atoms with Crippen LogP contribution < -0.4 is 0 Å². The van der Waals surface area contributed by atoms with E-state index in [1.807, 2.05) is 0 Å². The first-order chi connectivity index (χ1) is 17.6. The zero-order valence-electron chi connectivity index (χ0n) is 22.7. The maximum atomic E-state index is 9.31. The Hall–Kier alpha value is -0.360. The van der Waals surface area contributed by atoms with Crippen molar-refractivity contribution in [3.8, 4) is 0 Å². The van der Waals surface area contributed by atoms with E-state index in [4.69, 9.17) is 0 Å². The summed E-state index contributed by atoms with van der Waals surface area (Å²) in [6.45, 7) is 7.21. The van der Waals surface area contributed by atoms with Gasteiger partial charge in [0.15, 0.2) is 0 Å². The van der Waals surface area contributed by atoms with Crippen molar-refractivity contribution in [1.82, 2.24) is 14.7 Å². The van der Waals surface area contributed by atoms with Crippen LogP contribution in [0.5, 0.6) is 0 Å².